The van der Waals surface area contributed by atoms with Crippen molar-refractivity contribution in [1.29, 1.82) is 0 Å². The Morgan fingerprint density at radius 3 is 2.75 bits per heavy atom. The fourth-order valence-corrected chi connectivity index (χ4v) is 2.44. The predicted octanol–water partition coefficient (Wildman–Crippen LogP) is 2.85. The van der Waals surface area contributed by atoms with Crippen molar-refractivity contribution in [2.24, 2.45) is 5.10 Å². The molecular weight excluding hydrogens is 387 g/mol. The molecule has 2 aromatic rings. The number of hydrazone groups is 1. The average molecular weight is 399 g/mol. The number of nitro groups is 1. The zero-order valence-electron chi connectivity index (χ0n) is 13.9. The van der Waals surface area contributed by atoms with Gasteiger partial charge in [0.2, 0.25) is 0 Å². The number of nitrogens with zero attached hydrogens (tertiary/aromatic N) is 3. The van der Waals surface area contributed by atoms with Crippen LogP contribution in [-0.4, -0.2) is 39.1 Å². The molecule has 0 fully saturated rings. The standard InChI is InChI=1S/C16H12F3N3O6/c17-16(18,19)15(24)7-8-20-21(15)14(23)13-6-5-10(28-13)9-27-12-4-2-1-3-11(12)22(25)26/h1-6,8,24H,7,9H2/t15-/m1/s1. The van der Waals surface area contributed by atoms with E-state index in [1.54, 1.807) is 0 Å². The molecule has 0 spiro atoms. The van der Waals surface area contributed by atoms with Gasteiger partial charge < -0.3 is 14.3 Å². The number of amides is 1. The normalized spacial score (nSPS) is 19.1. The second kappa shape index (κ2) is 6.96. The van der Waals surface area contributed by atoms with Crippen molar-refractivity contribution in [2.75, 3.05) is 0 Å². The maximum Gasteiger partial charge on any atom is 0.438 e. The average Bonchev–Trinajstić information content (AvgIpc) is 3.26. The largest absolute Gasteiger partial charge is 0.479 e. The Morgan fingerprint density at radius 1 is 1.36 bits per heavy atom. The Labute approximate surface area is 154 Å². The lowest BCUT2D eigenvalue weighted by Crippen LogP contribution is -2.56. The maximum atomic E-state index is 13.1. The first-order chi connectivity index (χ1) is 13.1. The molecule has 0 bridgehead atoms. The van der Waals surface area contributed by atoms with Crippen LogP contribution in [0.25, 0.3) is 0 Å². The van der Waals surface area contributed by atoms with Crippen LogP contribution in [0.1, 0.15) is 22.7 Å². The highest BCUT2D eigenvalue weighted by molar-refractivity contribution is 5.93. The Balaban J connectivity index is 1.73. The van der Waals surface area contributed by atoms with Gasteiger partial charge in [-0.3, -0.25) is 14.9 Å². The number of hydrogen-bond donors (Lipinski definition) is 1. The van der Waals surface area contributed by atoms with E-state index in [0.717, 1.165) is 12.3 Å². The summed E-state index contributed by atoms with van der Waals surface area (Å²) >= 11 is 0. The van der Waals surface area contributed by atoms with Crippen LogP contribution in [0.2, 0.25) is 0 Å². The van der Waals surface area contributed by atoms with Gasteiger partial charge in [-0.1, -0.05) is 12.1 Å². The summed E-state index contributed by atoms with van der Waals surface area (Å²) in [5.41, 5.74) is -3.75. The molecule has 1 N–H and O–H groups in total. The fraction of sp³-hybridized carbons (Fsp3) is 0.250. The summed E-state index contributed by atoms with van der Waals surface area (Å²) in [4.78, 5) is 22.6. The number of rotatable bonds is 5. The van der Waals surface area contributed by atoms with Crippen LogP contribution in [0, 0.1) is 10.1 Å². The number of alkyl halides is 3. The van der Waals surface area contributed by atoms with Gasteiger partial charge in [0.15, 0.2) is 11.5 Å². The molecule has 0 saturated carbocycles. The number of benzene rings is 1. The van der Waals surface area contributed by atoms with Crippen LogP contribution >= 0.6 is 0 Å². The van der Waals surface area contributed by atoms with Gasteiger partial charge in [0.25, 0.3) is 5.72 Å². The molecular formula is C16H12F3N3O6. The van der Waals surface area contributed by atoms with Gasteiger partial charge in [-0.25, -0.2) is 0 Å². The van der Waals surface area contributed by atoms with E-state index in [-0.39, 0.29) is 28.8 Å². The van der Waals surface area contributed by atoms with Crippen molar-refractivity contribution in [1.82, 2.24) is 5.01 Å². The quantitative estimate of drug-likeness (QED) is 0.610. The third kappa shape index (κ3) is 3.41. The van der Waals surface area contributed by atoms with E-state index in [1.165, 1.54) is 30.3 Å². The lowest BCUT2D eigenvalue weighted by atomic mass is 10.1. The summed E-state index contributed by atoms with van der Waals surface area (Å²) < 4.78 is 49.6. The topological polar surface area (TPSA) is 118 Å². The molecule has 1 aliphatic rings. The summed E-state index contributed by atoms with van der Waals surface area (Å²) in [5, 5.41) is 23.9. The van der Waals surface area contributed by atoms with Gasteiger partial charge in [-0.2, -0.15) is 23.3 Å². The van der Waals surface area contributed by atoms with Gasteiger partial charge in [-0.15, -0.1) is 0 Å². The number of halogens is 3. The van der Waals surface area contributed by atoms with Gasteiger partial charge >= 0.3 is 17.8 Å². The summed E-state index contributed by atoms with van der Waals surface area (Å²) in [7, 11) is 0. The van der Waals surface area contributed by atoms with E-state index >= 15 is 0 Å². The summed E-state index contributed by atoms with van der Waals surface area (Å²) in [6, 6.07) is 7.90. The minimum atomic E-state index is -5.12. The minimum absolute atomic E-state index is 0.0280. The second-order valence-corrected chi connectivity index (χ2v) is 5.71. The number of hydrogen-bond acceptors (Lipinski definition) is 7. The van der Waals surface area contributed by atoms with Crippen LogP contribution in [0.3, 0.4) is 0 Å². The third-order valence-corrected chi connectivity index (χ3v) is 3.87. The summed E-state index contributed by atoms with van der Waals surface area (Å²) in [6.07, 6.45) is -5.26. The fourth-order valence-electron chi connectivity index (χ4n) is 2.44. The molecule has 0 saturated heterocycles. The van der Waals surface area contributed by atoms with Gasteiger partial charge in [0, 0.05) is 18.7 Å². The van der Waals surface area contributed by atoms with Crippen LogP contribution < -0.4 is 4.74 Å². The van der Waals surface area contributed by atoms with E-state index in [4.69, 9.17) is 9.15 Å². The van der Waals surface area contributed by atoms with Crippen molar-refractivity contribution in [3.8, 4) is 5.75 Å². The van der Waals surface area contributed by atoms with Crippen molar-refractivity contribution < 1.29 is 37.1 Å². The van der Waals surface area contributed by atoms with E-state index in [1.807, 2.05) is 0 Å². The van der Waals surface area contributed by atoms with E-state index in [9.17, 15) is 33.2 Å². The number of para-hydroxylation sites is 2. The van der Waals surface area contributed by atoms with E-state index < -0.39 is 34.9 Å². The van der Waals surface area contributed by atoms with Crippen LogP contribution in [-0.2, 0) is 6.61 Å². The van der Waals surface area contributed by atoms with Crippen LogP contribution in [0.15, 0.2) is 45.9 Å². The second-order valence-electron chi connectivity index (χ2n) is 5.71. The highest BCUT2D eigenvalue weighted by Gasteiger charge is 2.61. The first-order valence-electron chi connectivity index (χ1n) is 7.74. The molecule has 148 valence electrons. The van der Waals surface area contributed by atoms with Crippen LogP contribution in [0.4, 0.5) is 18.9 Å². The predicted molar refractivity (Wildman–Crippen MR) is 86.4 cm³/mol. The molecule has 9 nitrogen and oxygen atoms in total. The monoisotopic (exact) mass is 399 g/mol. The lowest BCUT2D eigenvalue weighted by Gasteiger charge is -2.31. The van der Waals surface area contributed by atoms with Crippen LogP contribution in [0.5, 0.6) is 5.75 Å². The van der Waals surface area contributed by atoms with Crippen molar-refractivity contribution in [2.45, 2.75) is 24.9 Å². The van der Waals surface area contributed by atoms with E-state index in [0.29, 0.717) is 0 Å². The summed E-state index contributed by atoms with van der Waals surface area (Å²) in [5.74, 6) is -1.83. The number of carbonyl (C=O) groups excluding carboxylic acids is 1. The lowest BCUT2D eigenvalue weighted by molar-refractivity contribution is -0.386. The van der Waals surface area contributed by atoms with Crippen molar-refractivity contribution in [3.05, 3.63) is 58.0 Å². The number of ether oxygens (including phenoxy) is 1. The number of carbonyl (C=O) groups is 1. The third-order valence-electron chi connectivity index (χ3n) is 3.87. The Kier molecular flexibility index (Phi) is 4.81. The molecule has 2 heterocycles. The molecule has 28 heavy (non-hydrogen) atoms. The number of aliphatic hydroxyl groups is 1. The molecule has 1 amide bonds. The molecule has 3 rings (SSSR count). The molecule has 12 heteroatoms. The van der Waals surface area contributed by atoms with Crippen molar-refractivity contribution in [3.63, 3.8) is 0 Å². The molecule has 0 radical (unpaired) electrons. The van der Waals surface area contributed by atoms with Crippen molar-refractivity contribution >= 4 is 17.8 Å². The Hall–Kier alpha value is -3.41. The van der Waals surface area contributed by atoms with Gasteiger partial charge in [0.1, 0.15) is 12.4 Å². The Bertz CT molecular complexity index is 942. The molecule has 0 aliphatic carbocycles. The molecule has 1 aromatic carbocycles. The highest BCUT2D eigenvalue weighted by Crippen LogP contribution is 2.39. The first-order valence-corrected chi connectivity index (χ1v) is 7.74. The van der Waals surface area contributed by atoms with Gasteiger partial charge in [-0.05, 0) is 18.2 Å². The zero-order chi connectivity index (χ0) is 20.5. The SMILES string of the molecule is O=C(c1ccc(COc2ccccc2[N+](=O)[O-])o1)N1N=CC[C@@]1(O)C(F)(F)F. The number of nitro benzene ring substituents is 1. The zero-order valence-corrected chi connectivity index (χ0v) is 13.9. The molecule has 1 atom stereocenters. The highest BCUT2D eigenvalue weighted by atomic mass is 19.4. The molecule has 1 aliphatic heterocycles. The summed E-state index contributed by atoms with van der Waals surface area (Å²) in [6.45, 7) is -0.315. The Morgan fingerprint density at radius 2 is 2.07 bits per heavy atom. The van der Waals surface area contributed by atoms with E-state index in [2.05, 4.69) is 5.10 Å². The molecule has 1 aromatic heterocycles. The first kappa shape index (κ1) is 19.4. The van der Waals surface area contributed by atoms with Gasteiger partial charge in [0.05, 0.1) is 4.92 Å². The smallest absolute Gasteiger partial charge is 0.438 e. The maximum absolute atomic E-state index is 13.1. The minimum Gasteiger partial charge on any atom is -0.479 e. The number of furan rings is 1. The molecule has 0 unspecified atom stereocenters.